The number of hydrogen-bond acceptors (Lipinski definition) is 17. The number of rotatable bonds is 20. The number of carbonyl (C=O) groups excluding carboxylic acids is 1. The second-order valence-electron chi connectivity index (χ2n) is 22.2. The number of nitrogens with zero attached hydrogens (tertiary/aromatic N) is 10. The first-order chi connectivity index (χ1) is 60.4. The molecule has 3 N–H and O–H groups in total. The number of ether oxygens (including phenoxy) is 4. The van der Waals surface area contributed by atoms with Gasteiger partial charge in [0.2, 0.25) is 0 Å². The van der Waals surface area contributed by atoms with Gasteiger partial charge in [-0.15, -0.1) is 0 Å². The van der Waals surface area contributed by atoms with Gasteiger partial charge in [0.1, 0.15) is 56.1 Å². The average molecular weight is 1530 g/mol. The first kappa shape index (κ1) is 49.3. The predicted octanol–water partition coefficient (Wildman–Crippen LogP) is 16.5. The van der Waals surface area contributed by atoms with Crippen LogP contribution in [-0.4, -0.2) is 126 Å². The van der Waals surface area contributed by atoms with Crippen molar-refractivity contribution in [3.05, 3.63) is 195 Å². The maximum absolute atomic E-state index is 14.6. The molecule has 0 radical (unpaired) electrons. The van der Waals surface area contributed by atoms with Crippen molar-refractivity contribution in [2.24, 2.45) is 0 Å². The number of carbonyl (C=O) groups is 1. The number of likely N-dealkylation sites (tertiary alicyclic amines) is 1. The van der Waals surface area contributed by atoms with Crippen molar-refractivity contribution in [1.82, 2.24) is 53.8 Å². The van der Waals surface area contributed by atoms with E-state index in [1.54, 1.807) is 80.6 Å². The van der Waals surface area contributed by atoms with Gasteiger partial charge in [-0.3, -0.25) is 28.7 Å². The van der Waals surface area contributed by atoms with Crippen LogP contribution >= 0.6 is 58.5 Å². The van der Waals surface area contributed by atoms with Crippen LogP contribution in [0.5, 0.6) is 17.2 Å². The minimum atomic E-state index is -3.34. The van der Waals surface area contributed by atoms with E-state index in [1.807, 2.05) is 14.0 Å². The van der Waals surface area contributed by atoms with Gasteiger partial charge in [-0.05, 0) is 175 Å². The number of aryl methyl sites for hydroxylation is 3. The van der Waals surface area contributed by atoms with Crippen LogP contribution in [0.3, 0.4) is 0 Å². The fourth-order valence-electron chi connectivity index (χ4n) is 10.0. The number of aliphatic hydroxyl groups excluding tert-OH is 2. The van der Waals surface area contributed by atoms with E-state index in [2.05, 4.69) is 75.6 Å². The molecule has 1 saturated heterocycles. The second-order valence-corrected chi connectivity index (χ2v) is 26.0. The van der Waals surface area contributed by atoms with Crippen LogP contribution in [0.25, 0.3) is 17.1 Å². The van der Waals surface area contributed by atoms with Crippen molar-refractivity contribution < 1.29 is 75.4 Å². The number of alkyl carbamates (subject to hydrolysis) is 1. The van der Waals surface area contributed by atoms with E-state index in [1.165, 1.54) is 69.5 Å². The van der Waals surface area contributed by atoms with Gasteiger partial charge in [-0.2, -0.15) is 0 Å². The van der Waals surface area contributed by atoms with Gasteiger partial charge < -0.3 is 39.4 Å². The number of aliphatic hydroxyl groups is 2. The van der Waals surface area contributed by atoms with Crippen LogP contribution < -0.4 is 19.5 Å². The third-order valence-electron chi connectivity index (χ3n) is 15.0. The molecule has 1 amide bonds. The normalized spacial score (nSPS) is 25.2. The summed E-state index contributed by atoms with van der Waals surface area (Å²) in [7, 11) is 2.04. The number of hydrogen-bond donors (Lipinski definition) is 3. The zero-order valence-electron chi connectivity index (χ0n) is 82.5. The third-order valence-corrected chi connectivity index (χ3v) is 18.3. The number of piperidine rings is 1. The van der Waals surface area contributed by atoms with Crippen molar-refractivity contribution in [3.63, 3.8) is 0 Å². The Morgan fingerprint density at radius 1 is 0.596 bits per heavy atom. The Morgan fingerprint density at radius 2 is 1.01 bits per heavy atom. The largest absolute Gasteiger partial charge is 0.487 e. The lowest BCUT2D eigenvalue weighted by Gasteiger charge is -2.28. The molecule has 7 heterocycles. The SMILES string of the molecule is C.[2H]C1([2H])C([2H])([2H])C([2H])([2H])C([2H])(Sc2ncc(COc3cc(C)c(C#CCO)c(F)c3)n2-c2cccnc2)C1([2H])[2H].[2H]C1([2H])C([2H])([2H])C([2H])([2H])C([2H])(Sc2ncc(COc3cc(C)c(C#CCO)cc3Cl)n2-c2cccnc2)C1([2H])[2H].[2H]C1([2H])C([2H])([2H])C([2H])([2H])C([2H])(Sc2ncc(COc3cc(C)c(C#CCOC(=O)NC4CCN(C)CC4)cc3Cl)n2-c2cccnc2)C1([2H])[2H]. The van der Waals surface area contributed by atoms with E-state index in [0.717, 1.165) is 43.1 Å². The van der Waals surface area contributed by atoms with Crippen LogP contribution in [0.15, 0.2) is 144 Å². The Labute approximate surface area is 670 Å². The van der Waals surface area contributed by atoms with Crippen molar-refractivity contribution >= 4 is 64.6 Å². The maximum Gasteiger partial charge on any atom is 0.408 e. The summed E-state index contributed by atoms with van der Waals surface area (Å²) in [6, 6.07) is 19.1. The summed E-state index contributed by atoms with van der Waals surface area (Å²) in [5.41, 5.74) is 5.59. The first-order valence-corrected chi connectivity index (χ1v) is 34.7. The molecule has 544 valence electrons. The Morgan fingerprint density at radius 3 is 1.41 bits per heavy atom. The molecule has 0 spiro atoms. The van der Waals surface area contributed by atoms with Gasteiger partial charge in [0.25, 0.3) is 0 Å². The number of nitrogens with one attached hydrogen (secondary N) is 1. The van der Waals surface area contributed by atoms with Gasteiger partial charge in [0.05, 0.1) is 86.9 Å². The van der Waals surface area contributed by atoms with E-state index < -0.39 is 111 Å². The fraction of sp³-hybridized carbons (Fsp3) is 0.388. The Bertz CT molecular complexity index is 5790. The van der Waals surface area contributed by atoms with E-state index in [-0.39, 0.29) is 95.1 Å². The third kappa shape index (κ3) is 21.8. The van der Waals surface area contributed by atoms with Gasteiger partial charge in [0, 0.05) is 94.5 Å². The number of pyridine rings is 3. The van der Waals surface area contributed by atoms with Crippen molar-refractivity contribution in [1.29, 1.82) is 0 Å². The lowest BCUT2D eigenvalue weighted by atomic mass is 10.1. The van der Waals surface area contributed by atoms with Gasteiger partial charge in [0.15, 0.2) is 22.1 Å². The Balaban J connectivity index is 0.000000205. The lowest BCUT2D eigenvalue weighted by Crippen LogP contribution is -2.43. The topological polar surface area (TPSA) is 202 Å². The summed E-state index contributed by atoms with van der Waals surface area (Å²) in [6.07, 6.45) is -25.4. The van der Waals surface area contributed by atoms with Crippen LogP contribution in [-0.2, 0) is 24.6 Å². The molecule has 3 aliphatic carbocycles. The summed E-state index contributed by atoms with van der Waals surface area (Å²) >= 11 is 13.8. The zero-order chi connectivity index (χ0) is 96.2. The molecule has 18 nitrogen and oxygen atoms in total. The Kier molecular flexibility index (Phi) is 18.8. The van der Waals surface area contributed by atoms with E-state index in [4.69, 9.17) is 89.4 Å². The van der Waals surface area contributed by atoms with Crippen LogP contribution in [0, 0.1) is 62.1 Å². The highest BCUT2D eigenvalue weighted by atomic mass is 35.5. The van der Waals surface area contributed by atoms with E-state index in [9.17, 15) is 9.18 Å². The Hall–Kier alpha value is -8.47. The average Bonchev–Trinajstić information content (AvgIpc) is 1.51. The monoisotopic (exact) mass is 1530 g/mol. The lowest BCUT2D eigenvalue weighted by molar-refractivity contribution is 0.147. The summed E-state index contributed by atoms with van der Waals surface area (Å²) in [6.45, 7) is 5.77. The molecule has 9 aromatic rings. The summed E-state index contributed by atoms with van der Waals surface area (Å²) in [5.74, 6) is 16.2. The minimum absolute atomic E-state index is 0. The minimum Gasteiger partial charge on any atom is -0.487 e. The van der Waals surface area contributed by atoms with Gasteiger partial charge in [-0.25, -0.2) is 24.1 Å². The predicted molar refractivity (Wildman–Crippen MR) is 411 cm³/mol. The number of aromatic nitrogens is 9. The molecule has 6 aromatic heterocycles. The molecule has 0 bridgehead atoms. The highest BCUT2D eigenvalue weighted by Crippen LogP contribution is 2.40. The smallest absolute Gasteiger partial charge is 0.408 e. The number of halogens is 3. The quantitative estimate of drug-likeness (QED) is 0.0608. The standard InChI is InChI=1S/C31H36ClN5O3S.C24H24ClN3O2S.C24H24FN3O2S.CH4/c1-22-17-29(28(32)18-23(22)7-6-16-39-31(38)35-24-11-14-36(2)15-12-24)40-21-26-20-34-30(41-27-9-3-4-10-27)37(26)25-8-5-13-33-19-25;1-17-12-23(22(25)13-18(17)6-5-11-29)30-16-20-15-27-24(31-21-8-2-3-9-21)28(20)19-7-4-10-26-14-19;1-17-12-20(13-23(25)22(17)9-5-11-29)30-16-19-15-27-24(31-21-7-2-3-8-21)28(19)18-6-4-10-26-14-18;/h5,8,13,17-20,24,27H,3-4,9-12,14-16,21H2,1-2H3,(H,35,38);4,7,10,12-15,21,29H,2-3,8-9,11,16H2,1H3;4,6,10,12-15,21,29H,2-3,7-8,11,16H2,1H3;1H4/i3D2,4D2,9D2,10D2,27D;2D2,3D2,8D2,9D2,21D;2D2,3D2,7D2,8D2,21D;. The van der Waals surface area contributed by atoms with Crippen LogP contribution in [0.1, 0.15) is 184 Å². The summed E-state index contributed by atoms with van der Waals surface area (Å²) in [5, 5.41) is 11.9. The molecule has 0 atom stereocenters. The second kappa shape index (κ2) is 39.6. The molecular formula is C80H88Cl2FN11O7S3. The molecule has 3 aromatic carbocycles. The van der Waals surface area contributed by atoms with Gasteiger partial charge in [-0.1, -0.05) is 140 Å². The number of benzene rings is 3. The van der Waals surface area contributed by atoms with Gasteiger partial charge >= 0.3 is 6.09 Å². The zero-order valence-corrected chi connectivity index (χ0v) is 59.5. The molecule has 4 fully saturated rings. The molecular weight excluding hydrogens is 1410 g/mol. The maximum atomic E-state index is 14.6. The van der Waals surface area contributed by atoms with Crippen LogP contribution in [0.2, 0.25) is 10.0 Å². The van der Waals surface area contributed by atoms with E-state index >= 15 is 0 Å². The number of imidazole rings is 3. The van der Waals surface area contributed by atoms with E-state index in [0.29, 0.717) is 85.9 Å². The van der Waals surface area contributed by atoms with Crippen molar-refractivity contribution in [3.8, 4) is 69.8 Å². The van der Waals surface area contributed by atoms with Crippen molar-refractivity contribution in [2.75, 3.05) is 40.0 Å². The fourth-order valence-corrected chi connectivity index (χ4v) is 12.9. The number of amides is 1. The summed E-state index contributed by atoms with van der Waals surface area (Å²) in [4.78, 5) is 39.4. The molecule has 13 rings (SSSR count). The molecule has 3 saturated carbocycles. The molecule has 104 heavy (non-hydrogen) atoms. The number of thioether (sulfide) groups is 3. The highest BCUT2D eigenvalue weighted by molar-refractivity contribution is 8.00. The highest BCUT2D eigenvalue weighted by Gasteiger charge is 2.26. The summed E-state index contributed by atoms with van der Waals surface area (Å²) < 4.78 is 267. The molecule has 24 heteroatoms. The van der Waals surface area contributed by atoms with Crippen molar-refractivity contribution in [2.45, 2.75) is 175 Å². The molecule has 1 aliphatic heterocycles. The molecule has 0 unspecified atom stereocenters. The van der Waals surface area contributed by atoms with Crippen LogP contribution in [0.4, 0.5) is 9.18 Å². The molecule has 4 aliphatic rings. The first-order valence-electron chi connectivity index (χ1n) is 45.0.